The third-order valence-electron chi connectivity index (χ3n) is 8.61. The Morgan fingerprint density at radius 3 is 2.39 bits per heavy atom. The van der Waals surface area contributed by atoms with Gasteiger partial charge in [0.15, 0.2) is 5.96 Å². The van der Waals surface area contributed by atoms with Crippen LogP contribution in [0.15, 0.2) is 29.3 Å². The van der Waals surface area contributed by atoms with E-state index in [9.17, 15) is 24.0 Å². The summed E-state index contributed by atoms with van der Waals surface area (Å²) in [6.07, 6.45) is 7.42. The molecule has 46 heavy (non-hydrogen) atoms. The maximum absolute atomic E-state index is 13.2. The molecule has 1 aliphatic heterocycles. The molecule has 0 bridgehead atoms. The predicted octanol–water partition coefficient (Wildman–Crippen LogP) is 0.743. The highest BCUT2D eigenvalue weighted by atomic mass is 35.5. The Morgan fingerprint density at radius 1 is 1.02 bits per heavy atom. The number of carbonyl (C=O) groups excluding carboxylic acids is 5. The number of carbonyl (C=O) groups is 5. The van der Waals surface area contributed by atoms with E-state index in [-0.39, 0.29) is 42.2 Å². The van der Waals surface area contributed by atoms with Crippen LogP contribution in [0.2, 0.25) is 5.02 Å². The molecule has 2 aliphatic rings. The summed E-state index contributed by atoms with van der Waals surface area (Å²) in [7, 11) is 1.50. The van der Waals surface area contributed by atoms with E-state index in [1.165, 1.54) is 7.05 Å². The zero-order valence-corrected chi connectivity index (χ0v) is 27.3. The number of nitrogens with one attached hydrogen (secondary N) is 5. The van der Waals surface area contributed by atoms with Gasteiger partial charge in [0.2, 0.25) is 17.7 Å². The number of benzene rings is 1. The lowest BCUT2D eigenvalue weighted by Gasteiger charge is -2.52. The summed E-state index contributed by atoms with van der Waals surface area (Å²) in [4.78, 5) is 68.9. The zero-order chi connectivity index (χ0) is 33.5. The van der Waals surface area contributed by atoms with Gasteiger partial charge in [-0.05, 0) is 62.8 Å². The molecule has 2 unspecified atom stereocenters. The molecular formula is C31H48ClN9O5. The number of anilines is 1. The van der Waals surface area contributed by atoms with Gasteiger partial charge in [0.05, 0.1) is 0 Å². The second kappa shape index (κ2) is 18.3. The van der Waals surface area contributed by atoms with Crippen LogP contribution < -0.4 is 38.1 Å². The highest BCUT2D eigenvalue weighted by Gasteiger charge is 2.43. The number of halogens is 1. The number of likely N-dealkylation sites (tertiary alicyclic amines) is 1. The Labute approximate surface area is 275 Å². The number of amides is 5. The maximum atomic E-state index is 13.2. The van der Waals surface area contributed by atoms with Crippen molar-refractivity contribution in [1.29, 1.82) is 0 Å². The Hall–Kier alpha value is -3.91. The first-order valence-electron chi connectivity index (χ1n) is 16.0. The highest BCUT2D eigenvalue weighted by molar-refractivity contribution is 6.39. The quantitative estimate of drug-likeness (QED) is 0.0652. The van der Waals surface area contributed by atoms with Gasteiger partial charge in [-0.15, -0.1) is 0 Å². The Kier molecular flexibility index (Phi) is 14.5. The van der Waals surface area contributed by atoms with Crippen LogP contribution in [0.25, 0.3) is 0 Å². The molecule has 2 atom stereocenters. The van der Waals surface area contributed by atoms with Gasteiger partial charge in [-0.25, -0.2) is 0 Å². The van der Waals surface area contributed by atoms with Gasteiger partial charge in [-0.1, -0.05) is 30.9 Å². The van der Waals surface area contributed by atoms with E-state index in [0.717, 1.165) is 38.5 Å². The molecule has 254 valence electrons. The summed E-state index contributed by atoms with van der Waals surface area (Å²) in [5, 5.41) is 14.3. The van der Waals surface area contributed by atoms with Gasteiger partial charge in [-0.2, -0.15) is 0 Å². The molecular weight excluding hydrogens is 614 g/mol. The summed E-state index contributed by atoms with van der Waals surface area (Å²) in [5.74, 6) is -2.40. The number of aliphatic imine (C=N–C) groups is 1. The number of piperidine rings is 1. The Bertz CT molecular complexity index is 1230. The molecule has 0 aromatic heterocycles. The number of hydrogen-bond donors (Lipinski definition) is 7. The number of nitrogens with two attached hydrogens (primary N) is 2. The van der Waals surface area contributed by atoms with E-state index in [2.05, 4.69) is 36.5 Å². The van der Waals surface area contributed by atoms with Gasteiger partial charge in [0.25, 0.3) is 0 Å². The van der Waals surface area contributed by atoms with Crippen molar-refractivity contribution in [3.63, 3.8) is 0 Å². The fourth-order valence-electron chi connectivity index (χ4n) is 6.24. The summed E-state index contributed by atoms with van der Waals surface area (Å²) < 4.78 is 0. The van der Waals surface area contributed by atoms with Crippen LogP contribution in [0.1, 0.15) is 70.6 Å². The fraction of sp³-hybridized carbons (Fsp3) is 0.613. The van der Waals surface area contributed by atoms with Crippen molar-refractivity contribution in [1.82, 2.24) is 26.2 Å². The van der Waals surface area contributed by atoms with Crippen LogP contribution in [0.4, 0.5) is 5.69 Å². The second-order valence-electron chi connectivity index (χ2n) is 11.9. The van der Waals surface area contributed by atoms with Crippen molar-refractivity contribution in [3.05, 3.63) is 29.3 Å². The van der Waals surface area contributed by atoms with Gasteiger partial charge in [-0.3, -0.25) is 33.9 Å². The van der Waals surface area contributed by atoms with E-state index >= 15 is 0 Å². The molecule has 2 fully saturated rings. The first-order chi connectivity index (χ1) is 22.0. The Morgan fingerprint density at radius 2 is 1.72 bits per heavy atom. The van der Waals surface area contributed by atoms with Crippen molar-refractivity contribution in [3.8, 4) is 0 Å². The molecule has 1 spiro atoms. The van der Waals surface area contributed by atoms with E-state index in [4.69, 9.17) is 23.1 Å². The zero-order valence-electron chi connectivity index (χ0n) is 26.5. The number of nitrogens with zero attached hydrogens (tertiary/aromatic N) is 2. The topological polar surface area (TPSA) is 213 Å². The summed E-state index contributed by atoms with van der Waals surface area (Å²) in [6.45, 7) is 2.00. The first kappa shape index (κ1) is 36.6. The third kappa shape index (κ3) is 11.8. The van der Waals surface area contributed by atoms with E-state index in [1.54, 1.807) is 24.3 Å². The van der Waals surface area contributed by atoms with Crippen LogP contribution in [-0.4, -0.2) is 91.2 Å². The SMILES string of the molecule is CNC(=O)CCC(=O)NC(CCCN=C(N)N)C(=O)NCCN1CCC(NC(=O)C(=O)Nc2ccc(Cl)cc2)CC12CCCCC2. The lowest BCUT2D eigenvalue weighted by atomic mass is 9.73. The van der Waals surface area contributed by atoms with Gasteiger partial charge >= 0.3 is 11.8 Å². The molecule has 1 saturated carbocycles. The van der Waals surface area contributed by atoms with E-state index < -0.39 is 23.8 Å². The second-order valence-corrected chi connectivity index (χ2v) is 12.4. The van der Waals surface area contributed by atoms with Crippen LogP contribution in [-0.2, 0) is 24.0 Å². The third-order valence-corrected chi connectivity index (χ3v) is 8.86. The highest BCUT2D eigenvalue weighted by Crippen LogP contribution is 2.40. The number of rotatable bonds is 14. The molecule has 5 amide bonds. The summed E-state index contributed by atoms with van der Waals surface area (Å²) in [5.41, 5.74) is 11.1. The minimum atomic E-state index is -0.796. The summed E-state index contributed by atoms with van der Waals surface area (Å²) in [6, 6.07) is 5.61. The van der Waals surface area contributed by atoms with Gasteiger partial charge in [0, 0.05) is 68.4 Å². The van der Waals surface area contributed by atoms with Crippen molar-refractivity contribution < 1.29 is 24.0 Å². The predicted molar refractivity (Wildman–Crippen MR) is 177 cm³/mol. The molecule has 3 rings (SSSR count). The minimum absolute atomic E-state index is 0.0240. The normalized spacial score (nSPS) is 18.1. The van der Waals surface area contributed by atoms with Crippen molar-refractivity contribution in [2.45, 2.75) is 88.3 Å². The van der Waals surface area contributed by atoms with E-state index in [1.807, 2.05) is 0 Å². The lowest BCUT2D eigenvalue weighted by molar-refractivity contribution is -0.137. The lowest BCUT2D eigenvalue weighted by Crippen LogP contribution is -2.61. The molecule has 14 nitrogen and oxygen atoms in total. The standard InChI is InChI=1S/C31H48ClN9O5/c1-35-25(42)11-12-26(43)40-24(6-5-16-37-30(33)34)27(44)36-17-19-41-18-13-23(20-31(41)14-3-2-4-15-31)39-29(46)28(45)38-22-9-7-21(32)8-10-22/h7-10,23-24H,2-6,11-20H2,1H3,(H,35,42)(H,36,44)(H,38,45)(H,39,46)(H,40,43)(H4,33,34,37). The van der Waals surface area contributed by atoms with Crippen molar-refractivity contribution in [2.75, 3.05) is 38.5 Å². The van der Waals surface area contributed by atoms with Crippen LogP contribution in [0.5, 0.6) is 0 Å². The first-order valence-corrected chi connectivity index (χ1v) is 16.3. The molecule has 1 aromatic rings. The average Bonchev–Trinajstić information content (AvgIpc) is 3.03. The Balaban J connectivity index is 1.55. The molecule has 1 heterocycles. The number of guanidine groups is 1. The fourth-order valence-corrected chi connectivity index (χ4v) is 6.37. The largest absolute Gasteiger partial charge is 0.370 e. The smallest absolute Gasteiger partial charge is 0.313 e. The maximum Gasteiger partial charge on any atom is 0.313 e. The summed E-state index contributed by atoms with van der Waals surface area (Å²) >= 11 is 5.90. The number of hydrogen-bond acceptors (Lipinski definition) is 7. The molecule has 0 radical (unpaired) electrons. The monoisotopic (exact) mass is 661 g/mol. The minimum Gasteiger partial charge on any atom is -0.370 e. The van der Waals surface area contributed by atoms with Gasteiger partial charge in [0.1, 0.15) is 6.04 Å². The van der Waals surface area contributed by atoms with Crippen molar-refractivity contribution >= 4 is 52.8 Å². The molecule has 9 N–H and O–H groups in total. The molecule has 15 heteroatoms. The van der Waals surface area contributed by atoms with Crippen molar-refractivity contribution in [2.24, 2.45) is 16.5 Å². The van der Waals surface area contributed by atoms with Crippen LogP contribution in [0, 0.1) is 0 Å². The molecule has 1 saturated heterocycles. The average molecular weight is 662 g/mol. The van der Waals surface area contributed by atoms with Crippen LogP contribution in [0.3, 0.4) is 0 Å². The molecule has 1 aromatic carbocycles. The molecule has 1 aliphatic carbocycles. The van der Waals surface area contributed by atoms with Gasteiger partial charge < -0.3 is 38.1 Å². The van der Waals surface area contributed by atoms with Crippen LogP contribution >= 0.6 is 11.6 Å². The van der Waals surface area contributed by atoms with E-state index in [0.29, 0.717) is 56.2 Å².